The maximum Gasteiger partial charge on any atom is 0.257 e. The number of carbonyl (C=O) groups is 1. The van der Waals surface area contributed by atoms with Crippen molar-refractivity contribution in [1.29, 1.82) is 0 Å². The van der Waals surface area contributed by atoms with Crippen LogP contribution in [0.5, 0.6) is 5.75 Å². The molecule has 0 saturated heterocycles. The number of hydrogen-bond donors (Lipinski definition) is 3. The Morgan fingerprint density at radius 2 is 1.83 bits per heavy atom. The van der Waals surface area contributed by atoms with Crippen molar-refractivity contribution in [2.45, 2.75) is 0 Å². The summed E-state index contributed by atoms with van der Waals surface area (Å²) in [6, 6.07) is 19.9. The average molecular weight is 484 g/mol. The largest absolute Gasteiger partial charge is 0.507 e. The van der Waals surface area contributed by atoms with E-state index in [4.69, 9.17) is 12.2 Å². The lowest BCUT2D eigenvalue weighted by molar-refractivity contribution is 0.0977. The number of hydrogen-bond acceptors (Lipinski definition) is 5. The average Bonchev–Trinajstić information content (AvgIpc) is 3.12. The highest BCUT2D eigenvalue weighted by Gasteiger charge is 2.12. The molecular formula is C21H14BrN3O2S2. The summed E-state index contributed by atoms with van der Waals surface area (Å²) in [6.07, 6.45) is 0. The van der Waals surface area contributed by atoms with E-state index in [1.807, 2.05) is 24.3 Å². The Bertz CT molecular complexity index is 1190. The predicted octanol–water partition coefficient (Wildman–Crippen LogP) is 5.56. The number of aromatic nitrogens is 1. The standard InChI is InChI=1S/C21H14BrN3O2S2/c22-13-7-5-12(6-8-13)19(27)25-21(28)23-14-9-10-15(17(26)11-14)20-24-16-3-1-2-4-18(16)29-20/h1-11,26H,(H2,23,25,27,28). The van der Waals surface area contributed by atoms with E-state index in [0.29, 0.717) is 16.8 Å². The first-order valence-electron chi connectivity index (χ1n) is 8.56. The second-order valence-electron chi connectivity index (χ2n) is 6.13. The molecule has 0 aliphatic rings. The molecule has 4 rings (SSSR count). The Labute approximate surface area is 184 Å². The lowest BCUT2D eigenvalue weighted by Gasteiger charge is -2.11. The third-order valence-corrected chi connectivity index (χ3v) is 5.92. The number of thiazole rings is 1. The van der Waals surface area contributed by atoms with Crippen molar-refractivity contribution < 1.29 is 9.90 Å². The van der Waals surface area contributed by atoms with Crippen LogP contribution in [0.25, 0.3) is 20.8 Å². The van der Waals surface area contributed by atoms with Crippen LogP contribution < -0.4 is 10.6 Å². The number of nitrogens with zero attached hydrogens (tertiary/aromatic N) is 1. The lowest BCUT2D eigenvalue weighted by Crippen LogP contribution is -2.34. The molecule has 0 spiro atoms. The van der Waals surface area contributed by atoms with Crippen LogP contribution in [-0.4, -0.2) is 21.1 Å². The highest BCUT2D eigenvalue weighted by molar-refractivity contribution is 9.10. The molecule has 0 unspecified atom stereocenters. The third-order valence-electron chi connectivity index (χ3n) is 4.11. The van der Waals surface area contributed by atoms with Gasteiger partial charge in [-0.3, -0.25) is 10.1 Å². The van der Waals surface area contributed by atoms with Gasteiger partial charge in [0.25, 0.3) is 5.91 Å². The van der Waals surface area contributed by atoms with E-state index < -0.39 is 0 Å². The van der Waals surface area contributed by atoms with Gasteiger partial charge in [-0.2, -0.15) is 0 Å². The molecule has 4 aromatic rings. The molecule has 1 aromatic heterocycles. The summed E-state index contributed by atoms with van der Waals surface area (Å²) in [5.41, 5.74) is 2.59. The number of carbonyl (C=O) groups excluding carboxylic acids is 1. The van der Waals surface area contributed by atoms with E-state index in [1.165, 1.54) is 11.3 Å². The minimum Gasteiger partial charge on any atom is -0.507 e. The second kappa shape index (κ2) is 8.28. The Morgan fingerprint density at radius 3 is 2.55 bits per heavy atom. The number of benzene rings is 3. The summed E-state index contributed by atoms with van der Waals surface area (Å²) in [6.45, 7) is 0. The molecule has 0 fully saturated rings. The fourth-order valence-electron chi connectivity index (χ4n) is 2.72. The van der Waals surface area contributed by atoms with Gasteiger partial charge in [-0.1, -0.05) is 28.1 Å². The van der Waals surface area contributed by atoms with Crippen LogP contribution in [0, 0.1) is 0 Å². The van der Waals surface area contributed by atoms with Gasteiger partial charge < -0.3 is 10.4 Å². The van der Waals surface area contributed by atoms with Crippen LogP contribution in [0.3, 0.4) is 0 Å². The number of nitrogens with one attached hydrogen (secondary N) is 2. The summed E-state index contributed by atoms with van der Waals surface area (Å²) < 4.78 is 1.94. The molecule has 3 N–H and O–H groups in total. The van der Waals surface area contributed by atoms with Crippen molar-refractivity contribution in [3.8, 4) is 16.3 Å². The highest BCUT2D eigenvalue weighted by atomic mass is 79.9. The fraction of sp³-hybridized carbons (Fsp3) is 0. The van der Waals surface area contributed by atoms with E-state index in [2.05, 4.69) is 31.5 Å². The molecule has 0 atom stereocenters. The maximum atomic E-state index is 12.2. The van der Waals surface area contributed by atoms with Gasteiger partial charge in [-0.25, -0.2) is 4.98 Å². The van der Waals surface area contributed by atoms with Crippen molar-refractivity contribution in [1.82, 2.24) is 10.3 Å². The Balaban J connectivity index is 1.47. The zero-order valence-corrected chi connectivity index (χ0v) is 18.1. The summed E-state index contributed by atoms with van der Waals surface area (Å²) >= 11 is 10.1. The molecule has 0 aliphatic carbocycles. The number of rotatable bonds is 3. The number of aromatic hydroxyl groups is 1. The van der Waals surface area contributed by atoms with Crippen molar-refractivity contribution in [2.24, 2.45) is 0 Å². The maximum absolute atomic E-state index is 12.2. The summed E-state index contributed by atoms with van der Waals surface area (Å²) in [5.74, 6) is -0.235. The molecule has 3 aromatic carbocycles. The molecule has 0 bridgehead atoms. The second-order valence-corrected chi connectivity index (χ2v) is 8.49. The van der Waals surface area contributed by atoms with E-state index >= 15 is 0 Å². The van der Waals surface area contributed by atoms with Crippen LogP contribution in [0.2, 0.25) is 0 Å². The van der Waals surface area contributed by atoms with Gasteiger partial charge in [0.15, 0.2) is 5.11 Å². The Kier molecular flexibility index (Phi) is 5.57. The number of phenolic OH excluding ortho intramolecular Hbond substituents is 1. The number of halogens is 1. The summed E-state index contributed by atoms with van der Waals surface area (Å²) in [4.78, 5) is 16.8. The summed E-state index contributed by atoms with van der Waals surface area (Å²) in [7, 11) is 0. The van der Waals surface area contributed by atoms with Crippen molar-refractivity contribution in [2.75, 3.05) is 5.32 Å². The highest BCUT2D eigenvalue weighted by Crippen LogP contribution is 2.36. The van der Waals surface area contributed by atoms with Gasteiger partial charge in [-0.15, -0.1) is 11.3 Å². The first-order valence-corrected chi connectivity index (χ1v) is 10.6. The number of phenols is 1. The smallest absolute Gasteiger partial charge is 0.257 e. The Hall–Kier alpha value is -2.81. The van der Waals surface area contributed by atoms with Crippen molar-refractivity contribution in [3.05, 3.63) is 76.8 Å². The van der Waals surface area contributed by atoms with E-state index in [-0.39, 0.29) is 16.8 Å². The first kappa shape index (κ1) is 19.5. The molecule has 144 valence electrons. The minimum absolute atomic E-state index is 0.0797. The number of fused-ring (bicyclic) bond motifs is 1. The van der Waals surface area contributed by atoms with E-state index in [9.17, 15) is 9.90 Å². The van der Waals surface area contributed by atoms with Crippen LogP contribution in [0.4, 0.5) is 5.69 Å². The topological polar surface area (TPSA) is 74.2 Å². The molecule has 29 heavy (non-hydrogen) atoms. The number of thiocarbonyl (C=S) groups is 1. The van der Waals surface area contributed by atoms with Gasteiger partial charge in [0.2, 0.25) is 0 Å². The number of anilines is 1. The van der Waals surface area contributed by atoms with Gasteiger partial charge in [0.1, 0.15) is 10.8 Å². The minimum atomic E-state index is -0.315. The monoisotopic (exact) mass is 483 g/mol. The van der Waals surface area contributed by atoms with E-state index in [0.717, 1.165) is 19.7 Å². The zero-order valence-electron chi connectivity index (χ0n) is 14.8. The van der Waals surface area contributed by atoms with Crippen LogP contribution in [0.1, 0.15) is 10.4 Å². The van der Waals surface area contributed by atoms with Gasteiger partial charge in [0.05, 0.1) is 15.8 Å². The van der Waals surface area contributed by atoms with E-state index in [1.54, 1.807) is 42.5 Å². The molecule has 8 heteroatoms. The predicted molar refractivity (Wildman–Crippen MR) is 125 cm³/mol. The SMILES string of the molecule is O=C(NC(=S)Nc1ccc(-c2nc3ccccc3s2)c(O)c1)c1ccc(Br)cc1. The molecule has 0 saturated carbocycles. The van der Waals surface area contributed by atoms with Crippen LogP contribution in [-0.2, 0) is 0 Å². The van der Waals surface area contributed by atoms with Gasteiger partial charge in [-0.05, 0) is 60.7 Å². The Morgan fingerprint density at radius 1 is 1.07 bits per heavy atom. The van der Waals surface area contributed by atoms with Crippen molar-refractivity contribution >= 4 is 66.4 Å². The number of para-hydroxylation sites is 1. The molecule has 0 radical (unpaired) electrons. The third kappa shape index (κ3) is 4.45. The number of amides is 1. The zero-order chi connectivity index (χ0) is 20.4. The molecule has 5 nitrogen and oxygen atoms in total. The fourth-order valence-corrected chi connectivity index (χ4v) is 4.19. The lowest BCUT2D eigenvalue weighted by atomic mass is 10.2. The van der Waals surface area contributed by atoms with Crippen LogP contribution in [0.15, 0.2) is 71.2 Å². The molecule has 0 aliphatic heterocycles. The molecule has 1 amide bonds. The quantitative estimate of drug-likeness (QED) is 0.332. The van der Waals surface area contributed by atoms with Gasteiger partial charge in [0, 0.05) is 21.8 Å². The first-order chi connectivity index (χ1) is 14.0. The normalized spacial score (nSPS) is 10.7. The van der Waals surface area contributed by atoms with Gasteiger partial charge >= 0.3 is 0 Å². The van der Waals surface area contributed by atoms with Crippen molar-refractivity contribution in [3.63, 3.8) is 0 Å². The van der Waals surface area contributed by atoms with Crippen LogP contribution >= 0.6 is 39.5 Å². The summed E-state index contributed by atoms with van der Waals surface area (Å²) in [5, 5.41) is 16.9. The molecular weight excluding hydrogens is 470 g/mol. The molecule has 1 heterocycles.